The van der Waals surface area contributed by atoms with Gasteiger partial charge in [-0.25, -0.2) is 9.97 Å². The van der Waals surface area contributed by atoms with Crippen LogP contribution in [0.2, 0.25) is 0 Å². The zero-order valence-corrected chi connectivity index (χ0v) is 20.2. The molecule has 12 nitrogen and oxygen atoms in total. The molecule has 0 unspecified atom stereocenters. The molecule has 5 heterocycles. The van der Waals surface area contributed by atoms with Crippen LogP contribution in [0.4, 0.5) is 17.7 Å². The number of piperidine rings is 1. The van der Waals surface area contributed by atoms with Gasteiger partial charge < -0.3 is 30.8 Å². The first-order valence-corrected chi connectivity index (χ1v) is 11.8. The Bertz CT molecular complexity index is 1380. The van der Waals surface area contributed by atoms with Gasteiger partial charge in [0, 0.05) is 51.1 Å². The Labute approximate surface area is 207 Å². The lowest BCUT2D eigenvalue weighted by Gasteiger charge is -2.37. The summed E-state index contributed by atoms with van der Waals surface area (Å²) >= 11 is 0. The Morgan fingerprint density at radius 3 is 2.78 bits per heavy atom. The molecule has 4 aromatic heterocycles. The number of pyridine rings is 2. The van der Waals surface area contributed by atoms with Crippen molar-refractivity contribution < 1.29 is 14.3 Å². The van der Waals surface area contributed by atoms with Gasteiger partial charge in [0.25, 0.3) is 11.9 Å². The fourth-order valence-electron chi connectivity index (χ4n) is 4.12. The van der Waals surface area contributed by atoms with Crippen LogP contribution in [0.5, 0.6) is 0 Å². The van der Waals surface area contributed by atoms with Crippen LogP contribution in [0.3, 0.4) is 0 Å². The van der Waals surface area contributed by atoms with Gasteiger partial charge in [-0.05, 0) is 31.9 Å². The molecule has 4 aromatic rings. The molecule has 188 valence electrons. The summed E-state index contributed by atoms with van der Waals surface area (Å²) in [5.41, 5.74) is 7.45. The largest absolute Gasteiger partial charge is 0.422 e. The second kappa shape index (κ2) is 9.55. The van der Waals surface area contributed by atoms with E-state index < -0.39 is 5.60 Å². The van der Waals surface area contributed by atoms with Crippen molar-refractivity contribution in [2.45, 2.75) is 25.4 Å². The lowest BCUT2D eigenvalue weighted by atomic mass is 9.93. The lowest BCUT2D eigenvalue weighted by molar-refractivity contribution is 0.0350. The number of anilines is 3. The van der Waals surface area contributed by atoms with Crippen molar-refractivity contribution in [2.75, 3.05) is 41.7 Å². The average Bonchev–Trinajstić information content (AvgIpc) is 3.47. The number of nitrogens with zero attached hydrogens (tertiary/aromatic N) is 6. The number of nitrogens with one attached hydrogen (secondary N) is 2. The highest BCUT2D eigenvalue weighted by Gasteiger charge is 2.31. The molecule has 0 saturated carbocycles. The summed E-state index contributed by atoms with van der Waals surface area (Å²) in [6, 6.07) is 7.34. The Hall–Kier alpha value is -4.03. The van der Waals surface area contributed by atoms with Gasteiger partial charge in [0.15, 0.2) is 5.58 Å². The number of amides is 1. The van der Waals surface area contributed by atoms with Crippen molar-refractivity contribution in [1.82, 2.24) is 24.7 Å². The number of aliphatic hydroxyl groups is 1. The first kappa shape index (κ1) is 23.7. The summed E-state index contributed by atoms with van der Waals surface area (Å²) in [7, 11) is 1.83. The molecule has 1 amide bonds. The van der Waals surface area contributed by atoms with Crippen molar-refractivity contribution in [3.8, 4) is 11.3 Å². The summed E-state index contributed by atoms with van der Waals surface area (Å²) in [5.74, 6) is 0.509. The van der Waals surface area contributed by atoms with E-state index in [2.05, 4.69) is 30.7 Å². The van der Waals surface area contributed by atoms with Gasteiger partial charge in [-0.1, -0.05) is 6.07 Å². The molecule has 1 aliphatic heterocycles. The number of aryl methyl sites for hydroxylation is 1. The summed E-state index contributed by atoms with van der Waals surface area (Å²) < 4.78 is 7.46. The standard InChI is InChI=1S/C24H29N9O3/c1-24(35)6-10-33(11-7-24)21-16(12-18-20(30-21)31-23(36-18)26-9-8-25)22(34)29-19-5-3-4-17(28-19)15-13-27-32(2)14-15/h3-5,12-14,35H,6-11,25H2,1-2H3,(H,26,30,31)(H,28,29,34). The van der Waals surface area contributed by atoms with Crippen LogP contribution in [0.25, 0.3) is 22.5 Å². The number of rotatable bonds is 7. The zero-order chi connectivity index (χ0) is 25.3. The van der Waals surface area contributed by atoms with Crippen molar-refractivity contribution in [1.29, 1.82) is 0 Å². The third kappa shape index (κ3) is 4.99. The van der Waals surface area contributed by atoms with E-state index in [1.165, 1.54) is 0 Å². The van der Waals surface area contributed by atoms with E-state index in [1.54, 1.807) is 23.0 Å². The number of nitrogens with two attached hydrogens (primary N) is 1. The molecule has 1 aliphatic rings. The number of fused-ring (bicyclic) bond motifs is 1. The van der Waals surface area contributed by atoms with Crippen LogP contribution in [0, 0.1) is 0 Å². The van der Waals surface area contributed by atoms with Crippen molar-refractivity contribution in [3.05, 3.63) is 42.2 Å². The van der Waals surface area contributed by atoms with E-state index >= 15 is 0 Å². The van der Waals surface area contributed by atoms with E-state index in [0.29, 0.717) is 79.2 Å². The maximum atomic E-state index is 13.5. The van der Waals surface area contributed by atoms with Gasteiger partial charge in [-0.2, -0.15) is 10.1 Å². The van der Waals surface area contributed by atoms with Crippen molar-refractivity contribution >= 4 is 34.8 Å². The molecule has 0 atom stereocenters. The van der Waals surface area contributed by atoms with E-state index in [0.717, 1.165) is 5.56 Å². The highest BCUT2D eigenvalue weighted by molar-refractivity contribution is 6.08. The zero-order valence-electron chi connectivity index (χ0n) is 20.2. The SMILES string of the molecule is Cn1cc(-c2cccc(NC(=O)c3cc4oc(NCCN)nc4nc3N3CCC(C)(O)CC3)n2)cn1. The second-order valence-electron chi connectivity index (χ2n) is 9.16. The number of aromatic nitrogens is 5. The Morgan fingerprint density at radius 2 is 2.06 bits per heavy atom. The maximum Gasteiger partial charge on any atom is 0.297 e. The number of carbonyl (C=O) groups excluding carboxylic acids is 1. The normalized spacial score (nSPS) is 15.3. The quantitative estimate of drug-likeness (QED) is 0.301. The molecule has 0 aliphatic carbocycles. The van der Waals surface area contributed by atoms with Gasteiger partial charge in [0.1, 0.15) is 11.6 Å². The van der Waals surface area contributed by atoms with Crippen LogP contribution < -0.4 is 21.3 Å². The van der Waals surface area contributed by atoms with Gasteiger partial charge in [-0.15, -0.1) is 0 Å². The van der Waals surface area contributed by atoms with Crippen molar-refractivity contribution in [3.63, 3.8) is 0 Å². The average molecular weight is 492 g/mol. The minimum absolute atomic E-state index is 0.291. The molecular formula is C24H29N9O3. The molecule has 12 heteroatoms. The second-order valence-corrected chi connectivity index (χ2v) is 9.16. The molecule has 0 aromatic carbocycles. The van der Waals surface area contributed by atoms with Crippen LogP contribution in [0.15, 0.2) is 41.1 Å². The molecule has 0 spiro atoms. The molecule has 1 saturated heterocycles. The fraction of sp³-hybridized carbons (Fsp3) is 0.375. The molecule has 1 fully saturated rings. The maximum absolute atomic E-state index is 13.5. The van der Waals surface area contributed by atoms with Crippen molar-refractivity contribution in [2.24, 2.45) is 12.8 Å². The highest BCUT2D eigenvalue weighted by atomic mass is 16.4. The molecule has 36 heavy (non-hydrogen) atoms. The first-order valence-electron chi connectivity index (χ1n) is 11.8. The number of hydrogen-bond donors (Lipinski definition) is 4. The van der Waals surface area contributed by atoms with Crippen LogP contribution in [-0.2, 0) is 7.05 Å². The Balaban J connectivity index is 1.47. The molecule has 0 radical (unpaired) electrons. The minimum atomic E-state index is -0.743. The van der Waals surface area contributed by atoms with Gasteiger partial charge in [0.05, 0.1) is 23.1 Å². The minimum Gasteiger partial charge on any atom is -0.422 e. The monoisotopic (exact) mass is 491 g/mol. The molecule has 5 N–H and O–H groups in total. The van der Waals surface area contributed by atoms with E-state index in [4.69, 9.17) is 10.2 Å². The number of hydrogen-bond acceptors (Lipinski definition) is 10. The van der Waals surface area contributed by atoms with Gasteiger partial charge in [0.2, 0.25) is 5.65 Å². The summed E-state index contributed by atoms with van der Waals surface area (Å²) in [6.07, 6.45) is 4.69. The van der Waals surface area contributed by atoms with Crippen LogP contribution in [-0.4, -0.2) is 67.5 Å². The molecule has 5 rings (SSSR count). The topological polar surface area (TPSA) is 160 Å². The van der Waals surface area contributed by atoms with Gasteiger partial charge in [-0.3, -0.25) is 9.48 Å². The number of oxazole rings is 1. The van der Waals surface area contributed by atoms with E-state index in [1.807, 2.05) is 37.2 Å². The first-order chi connectivity index (χ1) is 17.3. The predicted octanol–water partition coefficient (Wildman–Crippen LogP) is 1.99. The van der Waals surface area contributed by atoms with Crippen LogP contribution in [0.1, 0.15) is 30.1 Å². The molecular weight excluding hydrogens is 462 g/mol. The lowest BCUT2D eigenvalue weighted by Crippen LogP contribution is -2.43. The third-order valence-corrected chi connectivity index (χ3v) is 6.16. The van der Waals surface area contributed by atoms with E-state index in [-0.39, 0.29) is 5.91 Å². The number of carbonyl (C=O) groups is 1. The Morgan fingerprint density at radius 1 is 1.25 bits per heavy atom. The fourth-order valence-corrected chi connectivity index (χ4v) is 4.12. The summed E-state index contributed by atoms with van der Waals surface area (Å²) in [6.45, 7) is 3.84. The van der Waals surface area contributed by atoms with Gasteiger partial charge >= 0.3 is 0 Å². The smallest absolute Gasteiger partial charge is 0.297 e. The Kier molecular flexibility index (Phi) is 6.29. The third-order valence-electron chi connectivity index (χ3n) is 6.16. The predicted molar refractivity (Wildman–Crippen MR) is 136 cm³/mol. The van der Waals surface area contributed by atoms with E-state index in [9.17, 15) is 9.90 Å². The highest BCUT2D eigenvalue weighted by Crippen LogP contribution is 2.31. The summed E-state index contributed by atoms with van der Waals surface area (Å²) in [4.78, 5) is 29.1. The molecule has 0 bridgehead atoms. The van der Waals surface area contributed by atoms with Crippen LogP contribution >= 0.6 is 0 Å². The summed E-state index contributed by atoms with van der Waals surface area (Å²) in [5, 5.41) is 20.5.